The van der Waals surface area contributed by atoms with Crippen LogP contribution in [0.4, 0.5) is 4.39 Å². The van der Waals surface area contributed by atoms with Gasteiger partial charge in [0.2, 0.25) is 0 Å². The van der Waals surface area contributed by atoms with E-state index in [1.807, 2.05) is 30.3 Å². The summed E-state index contributed by atoms with van der Waals surface area (Å²) in [4.78, 5) is 11.9. The zero-order valence-electron chi connectivity index (χ0n) is 11.5. The predicted molar refractivity (Wildman–Crippen MR) is 79.4 cm³/mol. The van der Waals surface area contributed by atoms with Crippen molar-refractivity contribution < 1.29 is 13.9 Å². The Morgan fingerprint density at radius 2 is 2.00 bits per heavy atom. The molecule has 0 aromatic heterocycles. The molecule has 0 aliphatic heterocycles. The number of carbonyl (C=O) groups excluding carboxylic acids is 1. The van der Waals surface area contributed by atoms with E-state index in [0.29, 0.717) is 10.6 Å². The highest BCUT2D eigenvalue weighted by Gasteiger charge is 2.21. The Balaban J connectivity index is 2.16. The number of esters is 1. The fraction of sp³-hybridized carbons (Fsp3) is 0.188. The van der Waals surface area contributed by atoms with Gasteiger partial charge < -0.3 is 4.74 Å². The van der Waals surface area contributed by atoms with Gasteiger partial charge >= 0.3 is 5.97 Å². The fourth-order valence-corrected chi connectivity index (χ4v) is 2.19. The summed E-state index contributed by atoms with van der Waals surface area (Å²) in [5.74, 6) is -0.799. The van der Waals surface area contributed by atoms with Crippen molar-refractivity contribution in [1.82, 2.24) is 5.32 Å². The molecule has 3 nitrogen and oxygen atoms in total. The highest BCUT2D eigenvalue weighted by molar-refractivity contribution is 6.30. The second-order valence-electron chi connectivity index (χ2n) is 4.48. The molecule has 0 spiro atoms. The normalized spacial score (nSPS) is 12.0. The van der Waals surface area contributed by atoms with Gasteiger partial charge in [-0.3, -0.25) is 5.32 Å². The zero-order chi connectivity index (χ0) is 15.2. The minimum atomic E-state index is -0.658. The van der Waals surface area contributed by atoms with Gasteiger partial charge in [-0.15, -0.1) is 0 Å². The lowest BCUT2D eigenvalue weighted by molar-refractivity contribution is -0.143. The van der Waals surface area contributed by atoms with E-state index in [2.05, 4.69) is 5.32 Å². The van der Waals surface area contributed by atoms with Gasteiger partial charge in [0.05, 0.1) is 7.11 Å². The Morgan fingerprint density at radius 1 is 1.29 bits per heavy atom. The lowest BCUT2D eigenvalue weighted by Crippen LogP contribution is -2.29. The van der Waals surface area contributed by atoms with Crippen molar-refractivity contribution in [3.05, 3.63) is 70.5 Å². The standard InChI is InChI=1S/C16H15ClFNO2/c1-21-16(20)15(11-5-3-2-4-6-11)19-10-12-9-13(17)7-8-14(12)18/h2-9,15,19H,10H2,1H3. The number of benzene rings is 2. The molecular formula is C16H15ClFNO2. The molecule has 0 saturated heterocycles. The Morgan fingerprint density at radius 3 is 2.67 bits per heavy atom. The van der Waals surface area contributed by atoms with E-state index in [9.17, 15) is 9.18 Å². The Bertz CT molecular complexity index is 619. The minimum Gasteiger partial charge on any atom is -0.468 e. The van der Waals surface area contributed by atoms with Gasteiger partial charge in [-0.1, -0.05) is 41.9 Å². The molecule has 0 aliphatic rings. The lowest BCUT2D eigenvalue weighted by Gasteiger charge is -2.17. The quantitative estimate of drug-likeness (QED) is 0.859. The maximum atomic E-state index is 13.7. The van der Waals surface area contributed by atoms with E-state index in [1.165, 1.54) is 25.3 Å². The van der Waals surface area contributed by atoms with Gasteiger partial charge in [-0.05, 0) is 23.8 Å². The van der Waals surface area contributed by atoms with Gasteiger partial charge in [0.1, 0.15) is 11.9 Å². The largest absolute Gasteiger partial charge is 0.468 e. The van der Waals surface area contributed by atoms with Crippen LogP contribution in [0.3, 0.4) is 0 Å². The molecule has 0 aliphatic carbocycles. The molecule has 2 aromatic rings. The summed E-state index contributed by atoms with van der Waals surface area (Å²) in [7, 11) is 1.32. The van der Waals surface area contributed by atoms with E-state index in [-0.39, 0.29) is 12.4 Å². The average molecular weight is 308 g/mol. The summed E-state index contributed by atoms with van der Waals surface area (Å²) in [5, 5.41) is 3.44. The maximum Gasteiger partial charge on any atom is 0.327 e. The van der Waals surface area contributed by atoms with Crippen LogP contribution in [0.2, 0.25) is 5.02 Å². The molecule has 0 bridgehead atoms. The molecule has 0 heterocycles. The SMILES string of the molecule is COC(=O)C(NCc1cc(Cl)ccc1F)c1ccccc1. The van der Waals surface area contributed by atoms with Crippen LogP contribution in [-0.4, -0.2) is 13.1 Å². The number of methoxy groups -OCH3 is 1. The molecule has 21 heavy (non-hydrogen) atoms. The first-order valence-corrected chi connectivity index (χ1v) is 6.79. The van der Waals surface area contributed by atoms with E-state index in [4.69, 9.17) is 16.3 Å². The molecule has 0 amide bonds. The van der Waals surface area contributed by atoms with E-state index < -0.39 is 12.0 Å². The lowest BCUT2D eigenvalue weighted by atomic mass is 10.1. The Hall–Kier alpha value is -1.91. The van der Waals surface area contributed by atoms with Gasteiger partial charge in [0.25, 0.3) is 0 Å². The van der Waals surface area contributed by atoms with Gasteiger partial charge in [0, 0.05) is 17.1 Å². The monoisotopic (exact) mass is 307 g/mol. The number of nitrogens with one attached hydrogen (secondary N) is 1. The van der Waals surface area contributed by atoms with Crippen LogP contribution < -0.4 is 5.32 Å². The van der Waals surface area contributed by atoms with Crippen molar-refractivity contribution in [2.75, 3.05) is 7.11 Å². The van der Waals surface area contributed by atoms with Crippen molar-refractivity contribution in [2.24, 2.45) is 0 Å². The summed E-state index contributed by atoms with van der Waals surface area (Å²) in [6, 6.07) is 12.8. The Kier molecular flexibility index (Phi) is 5.31. The number of carbonyl (C=O) groups is 1. The molecule has 5 heteroatoms. The Labute approximate surface area is 127 Å². The topological polar surface area (TPSA) is 38.3 Å². The second kappa shape index (κ2) is 7.20. The number of rotatable bonds is 5. The third-order valence-electron chi connectivity index (χ3n) is 3.07. The first-order valence-electron chi connectivity index (χ1n) is 6.42. The second-order valence-corrected chi connectivity index (χ2v) is 4.92. The maximum absolute atomic E-state index is 13.7. The number of halogens is 2. The zero-order valence-corrected chi connectivity index (χ0v) is 12.2. The summed E-state index contributed by atoms with van der Waals surface area (Å²) in [6.45, 7) is 0.168. The smallest absolute Gasteiger partial charge is 0.327 e. The van der Waals surface area contributed by atoms with E-state index in [1.54, 1.807) is 0 Å². The number of hydrogen-bond donors (Lipinski definition) is 1. The van der Waals surface area contributed by atoms with Crippen LogP contribution in [0, 0.1) is 5.82 Å². The predicted octanol–water partition coefficient (Wildman–Crippen LogP) is 3.48. The molecular weight excluding hydrogens is 293 g/mol. The van der Waals surface area contributed by atoms with Crippen molar-refractivity contribution >= 4 is 17.6 Å². The van der Waals surface area contributed by atoms with Crippen LogP contribution in [0.15, 0.2) is 48.5 Å². The van der Waals surface area contributed by atoms with Crippen LogP contribution in [-0.2, 0) is 16.1 Å². The summed E-state index contributed by atoms with van der Waals surface area (Å²) < 4.78 is 18.5. The summed E-state index contributed by atoms with van der Waals surface area (Å²) in [6.07, 6.45) is 0. The molecule has 1 atom stereocenters. The molecule has 1 unspecified atom stereocenters. The van der Waals surface area contributed by atoms with Crippen LogP contribution in [0.1, 0.15) is 17.2 Å². The molecule has 0 saturated carbocycles. The molecule has 2 rings (SSSR count). The molecule has 2 aromatic carbocycles. The van der Waals surface area contributed by atoms with Crippen molar-refractivity contribution in [3.8, 4) is 0 Å². The minimum absolute atomic E-state index is 0.168. The van der Waals surface area contributed by atoms with E-state index in [0.717, 1.165) is 5.56 Å². The van der Waals surface area contributed by atoms with Crippen LogP contribution >= 0.6 is 11.6 Å². The van der Waals surface area contributed by atoms with E-state index >= 15 is 0 Å². The third kappa shape index (κ3) is 4.03. The van der Waals surface area contributed by atoms with Gasteiger partial charge in [-0.2, -0.15) is 0 Å². The number of ether oxygens (including phenoxy) is 1. The third-order valence-corrected chi connectivity index (χ3v) is 3.31. The fourth-order valence-electron chi connectivity index (χ4n) is 1.99. The highest BCUT2D eigenvalue weighted by atomic mass is 35.5. The highest BCUT2D eigenvalue weighted by Crippen LogP contribution is 2.18. The molecule has 1 N–H and O–H groups in total. The van der Waals surface area contributed by atoms with Crippen molar-refractivity contribution in [1.29, 1.82) is 0 Å². The number of hydrogen-bond acceptors (Lipinski definition) is 3. The first-order chi connectivity index (χ1) is 10.1. The van der Waals surface area contributed by atoms with Crippen molar-refractivity contribution in [2.45, 2.75) is 12.6 Å². The van der Waals surface area contributed by atoms with Crippen molar-refractivity contribution in [3.63, 3.8) is 0 Å². The summed E-state index contributed by atoms with van der Waals surface area (Å²) >= 11 is 5.85. The molecule has 0 radical (unpaired) electrons. The van der Waals surface area contributed by atoms with Gasteiger partial charge in [-0.25, -0.2) is 9.18 Å². The molecule has 0 fully saturated rings. The molecule has 110 valence electrons. The van der Waals surface area contributed by atoms with Crippen LogP contribution in [0.25, 0.3) is 0 Å². The summed E-state index contributed by atoms with van der Waals surface area (Å²) in [5.41, 5.74) is 1.15. The van der Waals surface area contributed by atoms with Crippen LogP contribution in [0.5, 0.6) is 0 Å². The average Bonchev–Trinajstić information content (AvgIpc) is 2.51. The first kappa shape index (κ1) is 15.5. The van der Waals surface area contributed by atoms with Gasteiger partial charge in [0.15, 0.2) is 0 Å².